The van der Waals surface area contributed by atoms with Gasteiger partial charge in [0.25, 0.3) is 0 Å². The van der Waals surface area contributed by atoms with Crippen LogP contribution >= 0.6 is 0 Å². The third-order valence-corrected chi connectivity index (χ3v) is 3.96. The molecular formula is C16H24O3. The van der Waals surface area contributed by atoms with Crippen molar-refractivity contribution in [2.75, 3.05) is 0 Å². The van der Waals surface area contributed by atoms with E-state index in [-0.39, 0.29) is 17.6 Å². The molecule has 0 aliphatic heterocycles. The Morgan fingerprint density at radius 1 is 1.53 bits per heavy atom. The highest BCUT2D eigenvalue weighted by Crippen LogP contribution is 2.39. The molecule has 3 unspecified atom stereocenters. The minimum absolute atomic E-state index is 0.00791. The van der Waals surface area contributed by atoms with Crippen LogP contribution in [0, 0.1) is 17.8 Å². The van der Waals surface area contributed by atoms with Gasteiger partial charge in [0.15, 0.2) is 0 Å². The Morgan fingerprint density at radius 2 is 2.26 bits per heavy atom. The minimum atomic E-state index is -0.772. The average molecular weight is 264 g/mol. The molecule has 106 valence electrons. The summed E-state index contributed by atoms with van der Waals surface area (Å²) in [4.78, 5) is 23.3. The highest BCUT2D eigenvalue weighted by atomic mass is 16.4. The molecule has 0 aromatic carbocycles. The molecule has 0 aromatic heterocycles. The van der Waals surface area contributed by atoms with Gasteiger partial charge in [-0.05, 0) is 38.0 Å². The van der Waals surface area contributed by atoms with Gasteiger partial charge in [0.1, 0.15) is 5.78 Å². The molecule has 1 aliphatic rings. The van der Waals surface area contributed by atoms with E-state index in [2.05, 4.69) is 13.5 Å². The maximum Gasteiger partial charge on any atom is 0.306 e. The molecule has 0 spiro atoms. The summed E-state index contributed by atoms with van der Waals surface area (Å²) in [5.41, 5.74) is 0. The predicted molar refractivity (Wildman–Crippen MR) is 75.8 cm³/mol. The summed E-state index contributed by atoms with van der Waals surface area (Å²) >= 11 is 0. The quantitative estimate of drug-likeness (QED) is 0.681. The molecule has 0 aromatic rings. The van der Waals surface area contributed by atoms with Crippen LogP contribution in [0.25, 0.3) is 0 Å². The van der Waals surface area contributed by atoms with Crippen LogP contribution in [0.3, 0.4) is 0 Å². The maximum absolute atomic E-state index is 11.9. The fraction of sp³-hybridized carbons (Fsp3) is 0.625. The van der Waals surface area contributed by atoms with Crippen LogP contribution in [-0.2, 0) is 9.59 Å². The van der Waals surface area contributed by atoms with Crippen molar-refractivity contribution in [3.05, 3.63) is 24.8 Å². The third-order valence-electron chi connectivity index (χ3n) is 3.96. The summed E-state index contributed by atoms with van der Waals surface area (Å²) in [6.07, 6.45) is 9.99. The molecule has 19 heavy (non-hydrogen) atoms. The molecule has 0 heterocycles. The SMILES string of the molecule is C=CCCC(C(=O)O)C1CCC(=O)C1CC=CCC. The van der Waals surface area contributed by atoms with Crippen LogP contribution < -0.4 is 0 Å². The first-order valence-corrected chi connectivity index (χ1v) is 7.13. The van der Waals surface area contributed by atoms with E-state index < -0.39 is 11.9 Å². The Hall–Kier alpha value is -1.38. The van der Waals surface area contributed by atoms with Crippen molar-refractivity contribution in [3.8, 4) is 0 Å². The number of hydrogen-bond donors (Lipinski definition) is 1. The van der Waals surface area contributed by atoms with Crippen LogP contribution in [0.2, 0.25) is 0 Å². The van der Waals surface area contributed by atoms with Gasteiger partial charge in [-0.15, -0.1) is 6.58 Å². The first-order chi connectivity index (χ1) is 9.11. The third kappa shape index (κ3) is 4.34. The van der Waals surface area contributed by atoms with Gasteiger partial charge in [-0.1, -0.05) is 25.2 Å². The Labute approximate surface area is 115 Å². The van der Waals surface area contributed by atoms with Crippen molar-refractivity contribution in [2.24, 2.45) is 17.8 Å². The van der Waals surface area contributed by atoms with E-state index in [9.17, 15) is 14.7 Å². The second kappa shape index (κ2) is 7.93. The summed E-state index contributed by atoms with van der Waals surface area (Å²) in [6, 6.07) is 0. The molecular weight excluding hydrogens is 240 g/mol. The van der Waals surface area contributed by atoms with Crippen LogP contribution in [0.1, 0.15) is 45.4 Å². The number of allylic oxidation sites excluding steroid dienone is 3. The zero-order chi connectivity index (χ0) is 14.3. The topological polar surface area (TPSA) is 54.4 Å². The zero-order valence-corrected chi connectivity index (χ0v) is 11.7. The van der Waals surface area contributed by atoms with Crippen LogP contribution in [0.5, 0.6) is 0 Å². The number of carboxylic acids is 1. The van der Waals surface area contributed by atoms with Gasteiger partial charge in [-0.25, -0.2) is 0 Å². The van der Waals surface area contributed by atoms with Crippen molar-refractivity contribution in [1.82, 2.24) is 0 Å². The Morgan fingerprint density at radius 3 is 2.84 bits per heavy atom. The lowest BCUT2D eigenvalue weighted by molar-refractivity contribution is -0.144. The highest BCUT2D eigenvalue weighted by Gasteiger charge is 2.41. The number of rotatable bonds is 8. The van der Waals surface area contributed by atoms with E-state index in [1.807, 2.05) is 12.2 Å². The number of ketones is 1. The van der Waals surface area contributed by atoms with Gasteiger partial charge >= 0.3 is 5.97 Å². The van der Waals surface area contributed by atoms with Gasteiger partial charge in [0.05, 0.1) is 5.92 Å². The maximum atomic E-state index is 11.9. The van der Waals surface area contributed by atoms with Crippen LogP contribution in [0.15, 0.2) is 24.8 Å². The van der Waals surface area contributed by atoms with E-state index in [1.54, 1.807) is 6.08 Å². The van der Waals surface area contributed by atoms with Crippen molar-refractivity contribution >= 4 is 11.8 Å². The Bertz CT molecular complexity index is 357. The monoisotopic (exact) mass is 264 g/mol. The Kier molecular flexibility index (Phi) is 6.54. The standard InChI is InChI=1S/C16H24O3/c1-3-5-7-9-13-12(10-11-15(13)17)14(16(18)19)8-6-4-2/h4-5,7,12-14H,2-3,6,8-11H2,1H3,(H,18,19). The molecule has 3 nitrogen and oxygen atoms in total. The van der Waals surface area contributed by atoms with Crippen LogP contribution in [0.4, 0.5) is 0 Å². The lowest BCUT2D eigenvalue weighted by Gasteiger charge is -2.23. The molecule has 3 heteroatoms. The largest absolute Gasteiger partial charge is 0.481 e. The Balaban J connectivity index is 2.75. The summed E-state index contributed by atoms with van der Waals surface area (Å²) in [5, 5.41) is 9.37. The summed E-state index contributed by atoms with van der Waals surface area (Å²) in [6.45, 7) is 5.69. The van der Waals surface area contributed by atoms with Crippen molar-refractivity contribution in [2.45, 2.75) is 45.4 Å². The second-order valence-electron chi connectivity index (χ2n) is 5.20. The summed E-state index contributed by atoms with van der Waals surface area (Å²) in [5.74, 6) is -1.06. The fourth-order valence-corrected chi connectivity index (χ4v) is 2.95. The molecule has 1 rings (SSSR count). The lowest BCUT2D eigenvalue weighted by Crippen LogP contribution is -2.28. The van der Waals surface area contributed by atoms with Crippen molar-refractivity contribution in [3.63, 3.8) is 0 Å². The highest BCUT2D eigenvalue weighted by molar-refractivity contribution is 5.85. The number of aliphatic carboxylic acids is 1. The number of hydrogen-bond acceptors (Lipinski definition) is 2. The van der Waals surface area contributed by atoms with Gasteiger partial charge in [0.2, 0.25) is 0 Å². The normalized spacial score (nSPS) is 24.8. The molecule has 0 saturated heterocycles. The van der Waals surface area contributed by atoms with Gasteiger partial charge in [-0.2, -0.15) is 0 Å². The molecule has 1 saturated carbocycles. The predicted octanol–water partition coefficient (Wildman–Crippen LogP) is 3.61. The van der Waals surface area contributed by atoms with Gasteiger partial charge in [0, 0.05) is 12.3 Å². The van der Waals surface area contributed by atoms with Crippen LogP contribution in [-0.4, -0.2) is 16.9 Å². The van der Waals surface area contributed by atoms with E-state index >= 15 is 0 Å². The van der Waals surface area contributed by atoms with E-state index in [4.69, 9.17) is 0 Å². The molecule has 1 aliphatic carbocycles. The second-order valence-corrected chi connectivity index (χ2v) is 5.20. The first kappa shape index (κ1) is 15.7. The number of carbonyl (C=O) groups excluding carboxylic acids is 1. The van der Waals surface area contributed by atoms with E-state index in [0.717, 1.165) is 12.8 Å². The lowest BCUT2D eigenvalue weighted by atomic mass is 9.79. The first-order valence-electron chi connectivity index (χ1n) is 7.13. The fourth-order valence-electron chi connectivity index (χ4n) is 2.95. The summed E-state index contributed by atoms with van der Waals surface area (Å²) in [7, 11) is 0. The molecule has 3 atom stereocenters. The number of carboxylic acid groups (broad SMARTS) is 1. The van der Waals surface area contributed by atoms with E-state index in [1.165, 1.54) is 0 Å². The minimum Gasteiger partial charge on any atom is -0.481 e. The van der Waals surface area contributed by atoms with Gasteiger partial charge < -0.3 is 5.11 Å². The van der Waals surface area contributed by atoms with Crippen molar-refractivity contribution in [1.29, 1.82) is 0 Å². The molecule has 0 amide bonds. The smallest absolute Gasteiger partial charge is 0.306 e. The van der Waals surface area contributed by atoms with Crippen molar-refractivity contribution < 1.29 is 14.7 Å². The molecule has 0 radical (unpaired) electrons. The number of carbonyl (C=O) groups is 2. The molecule has 0 bridgehead atoms. The molecule has 1 N–H and O–H groups in total. The number of Topliss-reactive ketones (excluding diaryl/α,β-unsaturated/α-hetero) is 1. The van der Waals surface area contributed by atoms with Gasteiger partial charge in [-0.3, -0.25) is 9.59 Å². The zero-order valence-electron chi connectivity index (χ0n) is 11.7. The average Bonchev–Trinajstić information content (AvgIpc) is 2.72. The summed E-state index contributed by atoms with van der Waals surface area (Å²) < 4.78 is 0. The van der Waals surface area contributed by atoms with E-state index in [0.29, 0.717) is 25.7 Å². The molecule has 1 fully saturated rings.